The Balaban J connectivity index is 2.31. The van der Waals surface area contributed by atoms with Crippen molar-refractivity contribution in [2.75, 3.05) is 5.01 Å². The molecular formula is C11H12F3N3O2S. The zero-order chi connectivity index (χ0) is 15.1. The molecule has 5 nitrogen and oxygen atoms in total. The van der Waals surface area contributed by atoms with Gasteiger partial charge in [0.25, 0.3) is 0 Å². The van der Waals surface area contributed by atoms with Crippen LogP contribution in [0.5, 0.6) is 0 Å². The Bertz CT molecular complexity index is 638. The van der Waals surface area contributed by atoms with Crippen molar-refractivity contribution in [3.63, 3.8) is 0 Å². The summed E-state index contributed by atoms with van der Waals surface area (Å²) in [6.07, 6.45) is -4.66. The van der Waals surface area contributed by atoms with Crippen molar-refractivity contribution in [2.24, 2.45) is 10.2 Å². The van der Waals surface area contributed by atoms with Crippen LogP contribution in [0.3, 0.4) is 0 Å². The van der Waals surface area contributed by atoms with Crippen LogP contribution in [-0.4, -0.2) is 26.3 Å². The molecule has 1 atom stereocenters. The summed E-state index contributed by atoms with van der Waals surface area (Å²) < 4.78 is 60.0. The predicted molar refractivity (Wildman–Crippen MR) is 67.9 cm³/mol. The SMILES string of the molecule is CC1CC(C(F)(F)F)=NN1c1ccc(S(N)(=O)=O)cc1. The number of sulfonamides is 1. The van der Waals surface area contributed by atoms with Gasteiger partial charge in [0.1, 0.15) is 5.71 Å². The molecule has 0 aromatic heterocycles. The smallest absolute Gasteiger partial charge is 0.262 e. The van der Waals surface area contributed by atoms with Gasteiger partial charge in [0.15, 0.2) is 0 Å². The van der Waals surface area contributed by atoms with Gasteiger partial charge in [-0.2, -0.15) is 18.3 Å². The minimum Gasteiger partial charge on any atom is -0.262 e. The average molecular weight is 307 g/mol. The highest BCUT2D eigenvalue weighted by Gasteiger charge is 2.41. The molecule has 1 heterocycles. The molecule has 110 valence electrons. The number of nitrogens with two attached hydrogens (primary N) is 1. The van der Waals surface area contributed by atoms with Crippen molar-refractivity contribution in [3.8, 4) is 0 Å². The number of primary sulfonamides is 1. The molecule has 1 aromatic rings. The Morgan fingerprint density at radius 3 is 2.25 bits per heavy atom. The van der Waals surface area contributed by atoms with Crippen molar-refractivity contribution in [1.29, 1.82) is 0 Å². The number of hydrazone groups is 1. The number of rotatable bonds is 2. The summed E-state index contributed by atoms with van der Waals surface area (Å²) in [6.45, 7) is 1.61. The first kappa shape index (κ1) is 14.8. The molecule has 1 aromatic carbocycles. The number of halogens is 3. The molecule has 20 heavy (non-hydrogen) atoms. The van der Waals surface area contributed by atoms with Crippen molar-refractivity contribution in [1.82, 2.24) is 0 Å². The topological polar surface area (TPSA) is 75.8 Å². The molecule has 0 saturated carbocycles. The fourth-order valence-electron chi connectivity index (χ4n) is 1.91. The van der Waals surface area contributed by atoms with Gasteiger partial charge in [0.05, 0.1) is 16.6 Å². The normalized spacial score (nSPS) is 20.1. The van der Waals surface area contributed by atoms with Gasteiger partial charge in [0, 0.05) is 6.42 Å². The number of anilines is 1. The van der Waals surface area contributed by atoms with Crippen LogP contribution in [0.2, 0.25) is 0 Å². The van der Waals surface area contributed by atoms with Crippen LogP contribution in [0.15, 0.2) is 34.3 Å². The molecule has 1 unspecified atom stereocenters. The molecule has 0 saturated heterocycles. The lowest BCUT2D eigenvalue weighted by molar-refractivity contribution is -0.0600. The minimum atomic E-state index is -4.45. The van der Waals surface area contributed by atoms with Gasteiger partial charge in [-0.3, -0.25) is 5.01 Å². The van der Waals surface area contributed by atoms with Gasteiger partial charge >= 0.3 is 6.18 Å². The van der Waals surface area contributed by atoms with Crippen molar-refractivity contribution in [2.45, 2.75) is 30.5 Å². The van der Waals surface area contributed by atoms with Crippen LogP contribution in [-0.2, 0) is 10.0 Å². The summed E-state index contributed by atoms with van der Waals surface area (Å²) in [6, 6.07) is 4.77. The van der Waals surface area contributed by atoms with Gasteiger partial charge in [-0.15, -0.1) is 0 Å². The standard InChI is InChI=1S/C11H12F3N3O2S/c1-7-6-10(11(12,13)14)16-17(7)8-2-4-9(5-3-8)20(15,18)19/h2-5,7H,6H2,1H3,(H2,15,18,19). The van der Waals surface area contributed by atoms with Crippen molar-refractivity contribution >= 4 is 21.4 Å². The van der Waals surface area contributed by atoms with Crippen LogP contribution in [0.4, 0.5) is 18.9 Å². The number of hydrogen-bond acceptors (Lipinski definition) is 4. The lowest BCUT2D eigenvalue weighted by atomic mass is 10.1. The van der Waals surface area contributed by atoms with Crippen molar-refractivity contribution in [3.05, 3.63) is 24.3 Å². The monoisotopic (exact) mass is 307 g/mol. The molecule has 0 aliphatic carbocycles. The third-order valence-electron chi connectivity index (χ3n) is 2.89. The van der Waals surface area contributed by atoms with E-state index in [0.717, 1.165) is 0 Å². The summed E-state index contributed by atoms with van der Waals surface area (Å²) in [5.41, 5.74) is -0.468. The molecule has 0 spiro atoms. The van der Waals surface area contributed by atoms with Gasteiger partial charge in [-0.25, -0.2) is 13.6 Å². The van der Waals surface area contributed by atoms with E-state index >= 15 is 0 Å². The predicted octanol–water partition coefficient (Wildman–Crippen LogP) is 1.85. The Morgan fingerprint density at radius 1 is 1.30 bits per heavy atom. The largest absolute Gasteiger partial charge is 0.431 e. The maximum atomic E-state index is 12.6. The van der Waals surface area contributed by atoms with Crippen LogP contribution in [0.1, 0.15) is 13.3 Å². The van der Waals surface area contributed by atoms with E-state index in [1.54, 1.807) is 6.92 Å². The van der Waals surface area contributed by atoms with E-state index in [-0.39, 0.29) is 11.3 Å². The van der Waals surface area contributed by atoms with E-state index in [9.17, 15) is 21.6 Å². The molecule has 0 amide bonds. The summed E-state index contributed by atoms with van der Waals surface area (Å²) in [4.78, 5) is -0.104. The van der Waals surface area contributed by atoms with E-state index in [0.29, 0.717) is 5.69 Å². The van der Waals surface area contributed by atoms with Gasteiger partial charge < -0.3 is 0 Å². The minimum absolute atomic E-state index is 0.104. The highest BCUT2D eigenvalue weighted by Crippen LogP contribution is 2.31. The second-order valence-corrected chi connectivity index (χ2v) is 6.04. The first-order valence-electron chi connectivity index (χ1n) is 5.66. The highest BCUT2D eigenvalue weighted by molar-refractivity contribution is 7.89. The maximum absolute atomic E-state index is 12.6. The quantitative estimate of drug-likeness (QED) is 0.906. The van der Waals surface area contributed by atoms with Gasteiger partial charge in [-0.05, 0) is 31.2 Å². The Kier molecular flexibility index (Phi) is 3.51. The molecular weight excluding hydrogens is 295 g/mol. The summed E-state index contributed by atoms with van der Waals surface area (Å²) in [7, 11) is -3.82. The maximum Gasteiger partial charge on any atom is 0.431 e. The number of nitrogens with zero attached hydrogens (tertiary/aromatic N) is 2. The third-order valence-corrected chi connectivity index (χ3v) is 3.82. The van der Waals surface area contributed by atoms with Crippen LogP contribution in [0, 0.1) is 0 Å². The van der Waals surface area contributed by atoms with Crippen LogP contribution in [0.25, 0.3) is 0 Å². The number of hydrogen-bond donors (Lipinski definition) is 1. The molecule has 0 bridgehead atoms. The van der Waals surface area contributed by atoms with E-state index < -0.39 is 28.0 Å². The molecule has 2 rings (SSSR count). The zero-order valence-corrected chi connectivity index (χ0v) is 11.2. The second kappa shape index (κ2) is 4.74. The van der Waals surface area contributed by atoms with Crippen LogP contribution >= 0.6 is 0 Å². The van der Waals surface area contributed by atoms with Gasteiger partial charge in [0.2, 0.25) is 10.0 Å². The van der Waals surface area contributed by atoms with Gasteiger partial charge in [-0.1, -0.05) is 0 Å². The first-order valence-corrected chi connectivity index (χ1v) is 7.20. The summed E-state index contributed by atoms with van der Waals surface area (Å²) in [5.74, 6) is 0. The highest BCUT2D eigenvalue weighted by atomic mass is 32.2. The second-order valence-electron chi connectivity index (χ2n) is 4.48. The lowest BCUT2D eigenvalue weighted by Crippen LogP contribution is -2.24. The van der Waals surface area contributed by atoms with E-state index in [1.165, 1.54) is 29.3 Å². The molecule has 0 fully saturated rings. The molecule has 1 aliphatic heterocycles. The number of alkyl halides is 3. The van der Waals surface area contributed by atoms with E-state index in [2.05, 4.69) is 5.10 Å². The first-order chi connectivity index (χ1) is 9.09. The van der Waals surface area contributed by atoms with Crippen LogP contribution < -0.4 is 10.1 Å². The molecule has 9 heteroatoms. The fourth-order valence-corrected chi connectivity index (χ4v) is 2.42. The molecule has 2 N–H and O–H groups in total. The zero-order valence-electron chi connectivity index (χ0n) is 10.4. The van der Waals surface area contributed by atoms with E-state index in [4.69, 9.17) is 5.14 Å². The Labute approximate surface area is 113 Å². The number of benzene rings is 1. The van der Waals surface area contributed by atoms with Crippen molar-refractivity contribution < 1.29 is 21.6 Å². The Hall–Kier alpha value is -1.61. The average Bonchev–Trinajstić information content (AvgIpc) is 2.70. The molecule has 1 aliphatic rings. The molecule has 0 radical (unpaired) electrons. The Morgan fingerprint density at radius 2 is 1.85 bits per heavy atom. The third kappa shape index (κ3) is 2.93. The summed E-state index contributed by atoms with van der Waals surface area (Å²) >= 11 is 0. The fraction of sp³-hybridized carbons (Fsp3) is 0.364. The summed E-state index contributed by atoms with van der Waals surface area (Å²) in [5, 5.41) is 9.71. The lowest BCUT2D eigenvalue weighted by Gasteiger charge is -2.19. The van der Waals surface area contributed by atoms with E-state index in [1.807, 2.05) is 0 Å².